The highest BCUT2D eigenvalue weighted by Gasteiger charge is 2.02. The molecule has 0 fully saturated rings. The Hall–Kier alpha value is -3.02. The molecule has 0 aromatic heterocycles. The van der Waals surface area contributed by atoms with E-state index >= 15 is 0 Å². The molecular formula is C18H20N2O4. The third-order valence-electron chi connectivity index (χ3n) is 3.04. The lowest BCUT2D eigenvalue weighted by molar-refractivity contribution is -0.123. The van der Waals surface area contributed by atoms with Gasteiger partial charge in [-0.05, 0) is 43.3 Å². The highest BCUT2D eigenvalue weighted by atomic mass is 16.5. The highest BCUT2D eigenvalue weighted by molar-refractivity contribution is 5.85. The van der Waals surface area contributed by atoms with E-state index < -0.39 is 0 Å². The van der Waals surface area contributed by atoms with Gasteiger partial charge in [-0.15, -0.1) is 0 Å². The molecule has 2 aromatic rings. The van der Waals surface area contributed by atoms with E-state index in [0.29, 0.717) is 18.1 Å². The summed E-state index contributed by atoms with van der Waals surface area (Å²) < 4.78 is 15.9. The van der Waals surface area contributed by atoms with Crippen LogP contribution in [-0.2, 0) is 4.79 Å². The van der Waals surface area contributed by atoms with Gasteiger partial charge < -0.3 is 14.2 Å². The molecule has 6 nitrogen and oxygen atoms in total. The summed E-state index contributed by atoms with van der Waals surface area (Å²) in [4.78, 5) is 11.7. The highest BCUT2D eigenvalue weighted by Crippen LogP contribution is 2.17. The van der Waals surface area contributed by atoms with Crippen molar-refractivity contribution in [2.75, 3.05) is 20.3 Å². The minimum atomic E-state index is -0.352. The molecule has 126 valence electrons. The van der Waals surface area contributed by atoms with E-state index in [1.165, 1.54) is 6.21 Å². The van der Waals surface area contributed by atoms with Crippen LogP contribution in [0.3, 0.4) is 0 Å². The SMILES string of the molecule is CCOc1ccc(OCC(=O)N/N=C\c2ccccc2OC)cc1. The van der Waals surface area contributed by atoms with Gasteiger partial charge in [-0.3, -0.25) is 4.79 Å². The summed E-state index contributed by atoms with van der Waals surface area (Å²) >= 11 is 0. The van der Waals surface area contributed by atoms with Crippen LogP contribution in [0.4, 0.5) is 0 Å². The van der Waals surface area contributed by atoms with Gasteiger partial charge in [0.1, 0.15) is 17.2 Å². The largest absolute Gasteiger partial charge is 0.496 e. The Labute approximate surface area is 141 Å². The zero-order valence-corrected chi connectivity index (χ0v) is 13.7. The van der Waals surface area contributed by atoms with Gasteiger partial charge >= 0.3 is 0 Å². The lowest BCUT2D eigenvalue weighted by atomic mass is 10.2. The van der Waals surface area contributed by atoms with Gasteiger partial charge in [0.15, 0.2) is 6.61 Å². The molecule has 2 aromatic carbocycles. The van der Waals surface area contributed by atoms with Crippen LogP contribution in [0.2, 0.25) is 0 Å². The van der Waals surface area contributed by atoms with Gasteiger partial charge in [0.05, 0.1) is 19.9 Å². The van der Waals surface area contributed by atoms with E-state index in [4.69, 9.17) is 14.2 Å². The first-order valence-corrected chi connectivity index (χ1v) is 7.53. The average Bonchev–Trinajstić information content (AvgIpc) is 2.62. The van der Waals surface area contributed by atoms with Crippen molar-refractivity contribution >= 4 is 12.1 Å². The van der Waals surface area contributed by atoms with Gasteiger partial charge in [0.2, 0.25) is 0 Å². The second kappa shape index (κ2) is 9.19. The van der Waals surface area contributed by atoms with E-state index in [9.17, 15) is 4.79 Å². The summed E-state index contributed by atoms with van der Waals surface area (Å²) in [7, 11) is 1.58. The first-order valence-electron chi connectivity index (χ1n) is 7.53. The molecule has 1 amide bonds. The molecule has 0 aliphatic rings. The molecule has 0 aliphatic carbocycles. The number of nitrogens with zero attached hydrogens (tertiary/aromatic N) is 1. The number of hydrazone groups is 1. The molecule has 0 spiro atoms. The van der Waals surface area contributed by atoms with Crippen LogP contribution in [0.25, 0.3) is 0 Å². The van der Waals surface area contributed by atoms with Crippen molar-refractivity contribution in [1.29, 1.82) is 0 Å². The molecule has 1 N–H and O–H groups in total. The molecule has 0 heterocycles. The number of ether oxygens (including phenoxy) is 3. The summed E-state index contributed by atoms with van der Waals surface area (Å²) in [6.45, 7) is 2.39. The summed E-state index contributed by atoms with van der Waals surface area (Å²) in [6.07, 6.45) is 1.52. The number of rotatable bonds is 8. The number of hydrogen-bond acceptors (Lipinski definition) is 5. The van der Waals surface area contributed by atoms with Crippen LogP contribution in [-0.4, -0.2) is 32.4 Å². The lowest BCUT2D eigenvalue weighted by Gasteiger charge is -2.07. The number of nitrogens with one attached hydrogen (secondary N) is 1. The van der Waals surface area contributed by atoms with Crippen molar-refractivity contribution in [2.24, 2.45) is 5.10 Å². The monoisotopic (exact) mass is 328 g/mol. The number of carbonyl (C=O) groups is 1. The standard InChI is InChI=1S/C18H20N2O4/c1-3-23-15-8-10-16(11-9-15)24-13-18(21)20-19-12-14-6-4-5-7-17(14)22-2/h4-12H,3,13H2,1-2H3,(H,20,21)/b19-12-. The van der Waals surface area contributed by atoms with Gasteiger partial charge in [-0.1, -0.05) is 12.1 Å². The maximum Gasteiger partial charge on any atom is 0.277 e. The van der Waals surface area contributed by atoms with Crippen LogP contribution in [0, 0.1) is 0 Å². The average molecular weight is 328 g/mol. The van der Waals surface area contributed by atoms with Crippen molar-refractivity contribution in [2.45, 2.75) is 6.92 Å². The molecular weight excluding hydrogens is 308 g/mol. The van der Waals surface area contributed by atoms with Gasteiger partial charge in [-0.2, -0.15) is 5.10 Å². The quantitative estimate of drug-likeness (QED) is 0.597. The molecule has 0 aliphatic heterocycles. The Balaban J connectivity index is 1.79. The Morgan fingerprint density at radius 1 is 1.08 bits per heavy atom. The third-order valence-corrected chi connectivity index (χ3v) is 3.04. The molecule has 0 saturated carbocycles. The number of benzene rings is 2. The first-order chi connectivity index (χ1) is 11.7. The molecule has 0 bridgehead atoms. The van der Waals surface area contributed by atoms with Crippen molar-refractivity contribution in [1.82, 2.24) is 5.43 Å². The van der Waals surface area contributed by atoms with E-state index in [-0.39, 0.29) is 12.5 Å². The first kappa shape index (κ1) is 17.3. The van der Waals surface area contributed by atoms with Gasteiger partial charge in [-0.25, -0.2) is 5.43 Å². The fourth-order valence-electron chi connectivity index (χ4n) is 1.93. The second-order valence-corrected chi connectivity index (χ2v) is 4.73. The van der Waals surface area contributed by atoms with Crippen LogP contribution >= 0.6 is 0 Å². The minimum absolute atomic E-state index is 0.128. The number of carbonyl (C=O) groups excluding carboxylic acids is 1. The van der Waals surface area contributed by atoms with Gasteiger partial charge in [0.25, 0.3) is 5.91 Å². The van der Waals surface area contributed by atoms with E-state index in [1.807, 2.05) is 31.2 Å². The van der Waals surface area contributed by atoms with Crippen LogP contribution in [0.15, 0.2) is 53.6 Å². The number of para-hydroxylation sites is 1. The van der Waals surface area contributed by atoms with Gasteiger partial charge in [0, 0.05) is 5.56 Å². The van der Waals surface area contributed by atoms with Crippen molar-refractivity contribution in [3.05, 3.63) is 54.1 Å². The molecule has 24 heavy (non-hydrogen) atoms. The van der Waals surface area contributed by atoms with Crippen molar-refractivity contribution < 1.29 is 19.0 Å². The molecule has 2 rings (SSSR count). The molecule has 0 atom stereocenters. The zero-order valence-electron chi connectivity index (χ0n) is 13.7. The van der Waals surface area contributed by atoms with Crippen LogP contribution < -0.4 is 19.6 Å². The number of hydrogen-bond donors (Lipinski definition) is 1. The van der Waals surface area contributed by atoms with E-state index in [1.54, 1.807) is 31.4 Å². The van der Waals surface area contributed by atoms with Crippen molar-refractivity contribution in [3.8, 4) is 17.2 Å². The topological polar surface area (TPSA) is 69.2 Å². The zero-order chi connectivity index (χ0) is 17.2. The molecule has 0 radical (unpaired) electrons. The van der Waals surface area contributed by atoms with E-state index in [0.717, 1.165) is 11.3 Å². The Kier molecular flexibility index (Phi) is 6.64. The Morgan fingerprint density at radius 2 is 1.75 bits per heavy atom. The normalized spacial score (nSPS) is 10.4. The summed E-state index contributed by atoms with van der Waals surface area (Å²) in [5.74, 6) is 1.68. The summed E-state index contributed by atoms with van der Waals surface area (Å²) in [5, 5.41) is 3.90. The lowest BCUT2D eigenvalue weighted by Crippen LogP contribution is -2.24. The number of amides is 1. The Bertz CT molecular complexity index is 684. The Morgan fingerprint density at radius 3 is 2.42 bits per heavy atom. The predicted octanol–water partition coefficient (Wildman–Crippen LogP) is 2.62. The maximum absolute atomic E-state index is 11.7. The van der Waals surface area contributed by atoms with Crippen molar-refractivity contribution in [3.63, 3.8) is 0 Å². The number of methoxy groups -OCH3 is 1. The van der Waals surface area contributed by atoms with E-state index in [2.05, 4.69) is 10.5 Å². The van der Waals surface area contributed by atoms with Crippen LogP contribution in [0.5, 0.6) is 17.2 Å². The molecule has 0 saturated heterocycles. The maximum atomic E-state index is 11.7. The molecule has 6 heteroatoms. The fraction of sp³-hybridized carbons (Fsp3) is 0.222. The predicted molar refractivity (Wildman–Crippen MR) is 91.8 cm³/mol. The smallest absolute Gasteiger partial charge is 0.277 e. The summed E-state index contributed by atoms with van der Waals surface area (Å²) in [5.41, 5.74) is 3.18. The van der Waals surface area contributed by atoms with Crippen LogP contribution in [0.1, 0.15) is 12.5 Å². The second-order valence-electron chi connectivity index (χ2n) is 4.73. The summed E-state index contributed by atoms with van der Waals surface area (Å²) in [6, 6.07) is 14.4. The third kappa shape index (κ3) is 5.31. The minimum Gasteiger partial charge on any atom is -0.496 e. The molecule has 0 unspecified atom stereocenters. The fourth-order valence-corrected chi connectivity index (χ4v) is 1.93.